The number of benzene rings is 2. The Hall–Kier alpha value is -3.48. The number of carbonyl (C=O) groups is 2. The SMILES string of the molecule is CC[C@@H](CNC(=O)[C@@H](C)OC(=O)Cc1nn(C)c(=O)c2ccccc12)c1ccccc1. The van der Waals surface area contributed by atoms with E-state index in [0.717, 1.165) is 12.0 Å². The van der Waals surface area contributed by atoms with E-state index in [2.05, 4.69) is 17.3 Å². The molecule has 162 valence electrons. The number of fused-ring (bicyclic) bond motifs is 1. The van der Waals surface area contributed by atoms with Crippen LogP contribution in [0.3, 0.4) is 0 Å². The zero-order valence-corrected chi connectivity index (χ0v) is 18.0. The molecule has 0 aliphatic carbocycles. The minimum Gasteiger partial charge on any atom is -0.452 e. The predicted octanol–water partition coefficient (Wildman–Crippen LogP) is 2.72. The van der Waals surface area contributed by atoms with E-state index in [1.54, 1.807) is 31.2 Å². The number of carbonyl (C=O) groups excluding carboxylic acids is 2. The molecule has 0 unspecified atom stereocenters. The van der Waals surface area contributed by atoms with Crippen molar-refractivity contribution in [1.82, 2.24) is 15.1 Å². The first-order valence-corrected chi connectivity index (χ1v) is 10.4. The summed E-state index contributed by atoms with van der Waals surface area (Å²) in [5.74, 6) is -0.732. The summed E-state index contributed by atoms with van der Waals surface area (Å²) in [5.41, 5.74) is 1.36. The molecule has 3 aromatic rings. The van der Waals surface area contributed by atoms with Gasteiger partial charge in [-0.2, -0.15) is 5.10 Å². The Labute approximate surface area is 181 Å². The average Bonchev–Trinajstić information content (AvgIpc) is 2.78. The third-order valence-electron chi connectivity index (χ3n) is 5.31. The Morgan fingerprint density at radius 2 is 1.71 bits per heavy atom. The van der Waals surface area contributed by atoms with Gasteiger partial charge in [-0.25, -0.2) is 4.68 Å². The Bertz CT molecular complexity index is 1120. The largest absolute Gasteiger partial charge is 0.452 e. The van der Waals surface area contributed by atoms with Crippen molar-refractivity contribution in [3.05, 3.63) is 76.2 Å². The van der Waals surface area contributed by atoms with Crippen molar-refractivity contribution in [3.8, 4) is 0 Å². The Kier molecular flexibility index (Phi) is 7.18. The third kappa shape index (κ3) is 5.36. The van der Waals surface area contributed by atoms with Crippen LogP contribution in [0.4, 0.5) is 0 Å². The number of esters is 1. The first-order valence-electron chi connectivity index (χ1n) is 10.4. The number of aryl methyl sites for hydroxylation is 1. The van der Waals surface area contributed by atoms with Gasteiger partial charge in [0, 0.05) is 24.9 Å². The zero-order valence-electron chi connectivity index (χ0n) is 18.0. The summed E-state index contributed by atoms with van der Waals surface area (Å²) in [7, 11) is 1.54. The lowest BCUT2D eigenvalue weighted by Gasteiger charge is -2.18. The van der Waals surface area contributed by atoms with E-state index in [1.807, 2.05) is 30.3 Å². The standard InChI is InChI=1S/C24H27N3O4/c1-4-17(18-10-6-5-7-11-18)15-25-23(29)16(2)31-22(28)14-21-19-12-8-9-13-20(19)24(30)27(3)26-21/h5-13,16-17H,4,14-15H2,1-3H3,(H,25,29)/t16-,17+/m1/s1. The van der Waals surface area contributed by atoms with Gasteiger partial charge >= 0.3 is 5.97 Å². The Balaban J connectivity index is 1.61. The Morgan fingerprint density at radius 1 is 1.06 bits per heavy atom. The van der Waals surface area contributed by atoms with Crippen LogP contribution in [0.1, 0.15) is 37.4 Å². The van der Waals surface area contributed by atoms with E-state index >= 15 is 0 Å². The minimum absolute atomic E-state index is 0.131. The van der Waals surface area contributed by atoms with Crippen molar-refractivity contribution < 1.29 is 14.3 Å². The molecule has 1 amide bonds. The van der Waals surface area contributed by atoms with Gasteiger partial charge < -0.3 is 10.1 Å². The average molecular weight is 421 g/mol. The maximum absolute atomic E-state index is 12.5. The van der Waals surface area contributed by atoms with Crippen molar-refractivity contribution in [2.75, 3.05) is 6.54 Å². The molecule has 0 fully saturated rings. The van der Waals surface area contributed by atoms with Crippen molar-refractivity contribution in [1.29, 1.82) is 0 Å². The molecule has 0 spiro atoms. The number of ether oxygens (including phenoxy) is 1. The van der Waals surface area contributed by atoms with Crippen LogP contribution in [0.5, 0.6) is 0 Å². The summed E-state index contributed by atoms with van der Waals surface area (Å²) in [6.45, 7) is 4.08. The van der Waals surface area contributed by atoms with Crippen LogP contribution in [-0.2, 0) is 27.8 Å². The molecule has 2 aromatic carbocycles. The summed E-state index contributed by atoms with van der Waals surface area (Å²) in [5, 5.41) is 8.16. The molecule has 0 bridgehead atoms. The fourth-order valence-electron chi connectivity index (χ4n) is 3.53. The highest BCUT2D eigenvalue weighted by Gasteiger charge is 2.21. The van der Waals surface area contributed by atoms with Crippen molar-refractivity contribution in [2.45, 2.75) is 38.7 Å². The van der Waals surface area contributed by atoms with E-state index in [9.17, 15) is 14.4 Å². The molecule has 1 heterocycles. The van der Waals surface area contributed by atoms with Crippen LogP contribution in [0.2, 0.25) is 0 Å². The van der Waals surface area contributed by atoms with Crippen LogP contribution >= 0.6 is 0 Å². The fraction of sp³-hybridized carbons (Fsp3) is 0.333. The van der Waals surface area contributed by atoms with Crippen molar-refractivity contribution in [2.24, 2.45) is 7.05 Å². The molecule has 0 aliphatic heterocycles. The lowest BCUT2D eigenvalue weighted by Crippen LogP contribution is -2.38. The molecular weight excluding hydrogens is 394 g/mol. The third-order valence-corrected chi connectivity index (χ3v) is 5.31. The van der Waals surface area contributed by atoms with Crippen LogP contribution in [0.25, 0.3) is 10.8 Å². The number of nitrogens with one attached hydrogen (secondary N) is 1. The minimum atomic E-state index is -0.931. The highest BCUT2D eigenvalue weighted by Crippen LogP contribution is 2.18. The molecule has 0 saturated heterocycles. The molecule has 0 saturated carbocycles. The first kappa shape index (κ1) is 22.2. The number of hydrogen-bond donors (Lipinski definition) is 1. The van der Waals surface area contributed by atoms with Gasteiger partial charge in [-0.3, -0.25) is 14.4 Å². The van der Waals surface area contributed by atoms with E-state index in [0.29, 0.717) is 23.0 Å². The molecule has 1 N–H and O–H groups in total. The van der Waals surface area contributed by atoms with Gasteiger partial charge in [-0.1, -0.05) is 55.5 Å². The maximum Gasteiger partial charge on any atom is 0.312 e. The zero-order chi connectivity index (χ0) is 22.4. The predicted molar refractivity (Wildman–Crippen MR) is 119 cm³/mol. The maximum atomic E-state index is 12.5. The lowest BCUT2D eigenvalue weighted by atomic mass is 9.96. The van der Waals surface area contributed by atoms with Crippen LogP contribution < -0.4 is 10.9 Å². The van der Waals surface area contributed by atoms with Crippen LogP contribution in [0.15, 0.2) is 59.4 Å². The first-order chi connectivity index (χ1) is 14.9. The highest BCUT2D eigenvalue weighted by atomic mass is 16.5. The highest BCUT2D eigenvalue weighted by molar-refractivity contribution is 5.88. The molecule has 31 heavy (non-hydrogen) atoms. The molecule has 3 rings (SSSR count). The topological polar surface area (TPSA) is 90.3 Å². The van der Waals surface area contributed by atoms with Crippen molar-refractivity contribution >= 4 is 22.6 Å². The fourth-order valence-corrected chi connectivity index (χ4v) is 3.53. The smallest absolute Gasteiger partial charge is 0.312 e. The normalized spacial score (nSPS) is 12.9. The van der Waals surface area contributed by atoms with Gasteiger partial charge in [0.2, 0.25) is 0 Å². The molecule has 0 radical (unpaired) electrons. The summed E-state index contributed by atoms with van der Waals surface area (Å²) in [6, 6.07) is 17.0. The lowest BCUT2D eigenvalue weighted by molar-refractivity contribution is -0.154. The van der Waals surface area contributed by atoms with Gasteiger partial charge in [-0.05, 0) is 25.0 Å². The molecular formula is C24H27N3O4. The molecule has 7 heteroatoms. The van der Waals surface area contributed by atoms with Crippen LogP contribution in [0, 0.1) is 0 Å². The van der Waals surface area contributed by atoms with E-state index < -0.39 is 12.1 Å². The van der Waals surface area contributed by atoms with Gasteiger partial charge in [0.25, 0.3) is 11.5 Å². The number of rotatable bonds is 8. The second kappa shape index (κ2) is 10.0. The van der Waals surface area contributed by atoms with Gasteiger partial charge in [0.05, 0.1) is 17.5 Å². The quantitative estimate of drug-likeness (QED) is 0.565. The summed E-state index contributed by atoms with van der Waals surface area (Å²) in [4.78, 5) is 37.1. The molecule has 7 nitrogen and oxygen atoms in total. The second-order valence-corrected chi connectivity index (χ2v) is 7.49. The van der Waals surface area contributed by atoms with E-state index in [4.69, 9.17) is 4.74 Å². The summed E-state index contributed by atoms with van der Waals surface area (Å²) < 4.78 is 6.53. The number of aromatic nitrogens is 2. The van der Waals surface area contributed by atoms with Gasteiger partial charge in [0.1, 0.15) is 0 Å². The Morgan fingerprint density at radius 3 is 2.39 bits per heavy atom. The van der Waals surface area contributed by atoms with Gasteiger partial charge in [-0.15, -0.1) is 0 Å². The monoisotopic (exact) mass is 421 g/mol. The van der Waals surface area contributed by atoms with Gasteiger partial charge in [0.15, 0.2) is 6.10 Å². The molecule has 0 aliphatic rings. The number of nitrogens with zero attached hydrogens (tertiary/aromatic N) is 2. The summed E-state index contributed by atoms with van der Waals surface area (Å²) in [6.07, 6.45) is -0.183. The molecule has 1 aromatic heterocycles. The number of amides is 1. The van der Waals surface area contributed by atoms with E-state index in [-0.39, 0.29) is 23.8 Å². The molecule has 2 atom stereocenters. The summed E-state index contributed by atoms with van der Waals surface area (Å²) >= 11 is 0. The number of hydrogen-bond acceptors (Lipinski definition) is 5. The van der Waals surface area contributed by atoms with Crippen molar-refractivity contribution in [3.63, 3.8) is 0 Å². The van der Waals surface area contributed by atoms with Crippen LogP contribution in [-0.4, -0.2) is 34.3 Å². The second-order valence-electron chi connectivity index (χ2n) is 7.49. The van der Waals surface area contributed by atoms with E-state index in [1.165, 1.54) is 11.7 Å².